The zero-order chi connectivity index (χ0) is 23.7. The molecule has 5 aromatic rings. The number of fused-ring (bicyclic) bond motifs is 2. The van der Waals surface area contributed by atoms with Gasteiger partial charge in [-0.05, 0) is 24.6 Å². The lowest BCUT2D eigenvalue weighted by molar-refractivity contribution is 0.0604. The third kappa shape index (κ3) is 3.74. The van der Waals surface area contributed by atoms with Crippen LogP contribution in [-0.2, 0) is 16.1 Å². The minimum atomic E-state index is -0.328. The molecule has 34 heavy (non-hydrogen) atoms. The summed E-state index contributed by atoms with van der Waals surface area (Å²) >= 11 is 0. The van der Waals surface area contributed by atoms with Crippen molar-refractivity contribution in [2.45, 2.75) is 13.5 Å². The predicted molar refractivity (Wildman–Crippen MR) is 127 cm³/mol. The average Bonchev–Trinajstić information content (AvgIpc) is 3.43. The maximum absolute atomic E-state index is 13.7. The molecule has 0 fully saturated rings. The van der Waals surface area contributed by atoms with Crippen LogP contribution in [0.4, 0.5) is 0 Å². The lowest BCUT2D eigenvalue weighted by Gasteiger charge is -2.08. The van der Waals surface area contributed by atoms with Gasteiger partial charge in [0, 0.05) is 18.4 Å². The fourth-order valence-electron chi connectivity index (χ4n) is 4.00. The van der Waals surface area contributed by atoms with Crippen molar-refractivity contribution in [3.05, 3.63) is 70.3 Å². The lowest BCUT2D eigenvalue weighted by atomic mass is 10.1. The molecule has 0 aliphatic carbocycles. The monoisotopic (exact) mass is 460 g/mol. The Labute approximate surface area is 194 Å². The Hall–Kier alpha value is -3.95. The summed E-state index contributed by atoms with van der Waals surface area (Å²) in [4.78, 5) is 23.2. The van der Waals surface area contributed by atoms with Gasteiger partial charge in [0.25, 0.3) is 5.56 Å². The van der Waals surface area contributed by atoms with E-state index in [0.29, 0.717) is 41.4 Å². The van der Waals surface area contributed by atoms with Crippen molar-refractivity contribution in [3.8, 4) is 28.3 Å². The number of hydrogen-bond donors (Lipinski definition) is 1. The molecule has 0 radical (unpaired) electrons. The minimum absolute atomic E-state index is 0.0960. The Morgan fingerprint density at radius 2 is 1.82 bits per heavy atom. The van der Waals surface area contributed by atoms with E-state index >= 15 is 0 Å². The van der Waals surface area contributed by atoms with E-state index in [9.17, 15) is 4.79 Å². The summed E-state index contributed by atoms with van der Waals surface area (Å²) in [7, 11) is 3.17. The number of para-hydroxylation sites is 1. The molecule has 0 aliphatic heterocycles. The van der Waals surface area contributed by atoms with Gasteiger partial charge >= 0.3 is 0 Å². The van der Waals surface area contributed by atoms with Crippen molar-refractivity contribution < 1.29 is 18.6 Å². The number of ether oxygens (including phenoxy) is 3. The van der Waals surface area contributed by atoms with E-state index in [1.165, 1.54) is 4.52 Å². The van der Waals surface area contributed by atoms with Gasteiger partial charge in [-0.15, -0.1) is 0 Å². The van der Waals surface area contributed by atoms with Crippen LogP contribution in [0.25, 0.3) is 39.3 Å². The summed E-state index contributed by atoms with van der Waals surface area (Å²) in [5.41, 5.74) is 4.51. The van der Waals surface area contributed by atoms with E-state index < -0.39 is 0 Å². The lowest BCUT2D eigenvalue weighted by Crippen LogP contribution is -2.21. The molecule has 0 atom stereocenters. The van der Waals surface area contributed by atoms with Gasteiger partial charge in [0.05, 0.1) is 32.6 Å². The van der Waals surface area contributed by atoms with Crippen LogP contribution in [0.2, 0.25) is 0 Å². The van der Waals surface area contributed by atoms with Gasteiger partial charge in [0.2, 0.25) is 5.89 Å². The standard InChI is InChI=1S/C25H24N4O5/c1-15-20(16-8-5-4-6-9-16)23-26-17(14-33-13-12-31-2)21(25(30)29(23)28-15)24-27-22-18(32-3)10-7-11-19(22)34-24/h4-11,28H,12-14H2,1-3H3. The number of benzene rings is 2. The molecule has 0 unspecified atom stereocenters. The molecule has 0 amide bonds. The Bertz CT molecular complexity index is 1520. The number of rotatable bonds is 8. The van der Waals surface area contributed by atoms with E-state index in [2.05, 4.69) is 10.1 Å². The molecular formula is C25H24N4O5. The number of aromatic nitrogens is 4. The molecule has 5 rings (SSSR count). The maximum atomic E-state index is 13.7. The van der Waals surface area contributed by atoms with Gasteiger partial charge in [-0.1, -0.05) is 36.4 Å². The van der Waals surface area contributed by atoms with E-state index in [4.69, 9.17) is 23.6 Å². The number of oxazole rings is 1. The van der Waals surface area contributed by atoms with Crippen molar-refractivity contribution in [2.75, 3.05) is 27.4 Å². The van der Waals surface area contributed by atoms with Crippen molar-refractivity contribution in [2.24, 2.45) is 0 Å². The Balaban J connectivity index is 1.73. The predicted octanol–water partition coefficient (Wildman–Crippen LogP) is 3.98. The van der Waals surface area contributed by atoms with Crippen LogP contribution >= 0.6 is 0 Å². The quantitative estimate of drug-likeness (QED) is 0.349. The second-order valence-electron chi connectivity index (χ2n) is 7.75. The SMILES string of the molecule is COCCOCc1nc2c(-c3ccccc3)c(C)[nH]n2c(=O)c1-c1nc2c(OC)cccc2o1. The minimum Gasteiger partial charge on any atom is -0.494 e. The topological polar surface area (TPSA) is 104 Å². The van der Waals surface area contributed by atoms with Crippen LogP contribution in [-0.4, -0.2) is 47.0 Å². The fourth-order valence-corrected chi connectivity index (χ4v) is 4.00. The van der Waals surface area contributed by atoms with Gasteiger partial charge in [0.15, 0.2) is 16.7 Å². The normalized spacial score (nSPS) is 11.5. The van der Waals surface area contributed by atoms with Crippen molar-refractivity contribution in [1.82, 2.24) is 19.6 Å². The van der Waals surface area contributed by atoms with E-state index in [1.54, 1.807) is 32.4 Å². The second-order valence-corrected chi connectivity index (χ2v) is 7.75. The van der Waals surface area contributed by atoms with Crippen LogP contribution in [0.15, 0.2) is 57.7 Å². The number of H-pyrrole nitrogens is 1. The maximum Gasteiger partial charge on any atom is 0.285 e. The second kappa shape index (κ2) is 9.12. The summed E-state index contributed by atoms with van der Waals surface area (Å²) in [5, 5.41) is 3.15. The van der Waals surface area contributed by atoms with Gasteiger partial charge in [0.1, 0.15) is 11.3 Å². The molecule has 0 aliphatic rings. The van der Waals surface area contributed by atoms with Crippen molar-refractivity contribution >= 4 is 16.7 Å². The highest BCUT2D eigenvalue weighted by atomic mass is 16.5. The van der Waals surface area contributed by atoms with E-state index in [1.807, 2.05) is 37.3 Å². The van der Waals surface area contributed by atoms with Crippen molar-refractivity contribution in [3.63, 3.8) is 0 Å². The zero-order valence-electron chi connectivity index (χ0n) is 19.1. The fraction of sp³-hybridized carbons (Fsp3) is 0.240. The van der Waals surface area contributed by atoms with Crippen LogP contribution in [0.5, 0.6) is 5.75 Å². The van der Waals surface area contributed by atoms with Crippen LogP contribution in [0, 0.1) is 6.92 Å². The third-order valence-electron chi connectivity index (χ3n) is 5.59. The average molecular weight is 460 g/mol. The molecular weight excluding hydrogens is 436 g/mol. The first-order valence-electron chi connectivity index (χ1n) is 10.8. The Morgan fingerprint density at radius 3 is 2.59 bits per heavy atom. The van der Waals surface area contributed by atoms with Gasteiger partial charge in [-0.2, -0.15) is 0 Å². The summed E-state index contributed by atoms with van der Waals surface area (Å²) in [6, 6.07) is 15.2. The van der Waals surface area contributed by atoms with Crippen LogP contribution in [0.1, 0.15) is 11.4 Å². The van der Waals surface area contributed by atoms with E-state index in [-0.39, 0.29) is 23.6 Å². The Kier molecular flexibility index (Phi) is 5.87. The van der Waals surface area contributed by atoms with Crippen LogP contribution in [0.3, 0.4) is 0 Å². The number of nitrogens with one attached hydrogen (secondary N) is 1. The number of hydrogen-bond acceptors (Lipinski definition) is 7. The largest absolute Gasteiger partial charge is 0.494 e. The summed E-state index contributed by atoms with van der Waals surface area (Å²) < 4.78 is 23.6. The van der Waals surface area contributed by atoms with Gasteiger partial charge < -0.3 is 18.6 Å². The molecule has 3 heterocycles. The number of aromatic amines is 1. The Morgan fingerprint density at radius 1 is 1.00 bits per heavy atom. The van der Waals surface area contributed by atoms with Crippen molar-refractivity contribution in [1.29, 1.82) is 0 Å². The highest BCUT2D eigenvalue weighted by Crippen LogP contribution is 2.32. The van der Waals surface area contributed by atoms with E-state index in [0.717, 1.165) is 16.8 Å². The molecule has 174 valence electrons. The molecule has 0 saturated heterocycles. The third-order valence-corrected chi connectivity index (χ3v) is 5.59. The molecule has 0 spiro atoms. The first-order valence-corrected chi connectivity index (χ1v) is 10.8. The molecule has 9 heteroatoms. The number of nitrogens with zero attached hydrogens (tertiary/aromatic N) is 3. The van der Waals surface area contributed by atoms with Gasteiger partial charge in [-0.25, -0.2) is 14.5 Å². The highest BCUT2D eigenvalue weighted by molar-refractivity contribution is 5.83. The van der Waals surface area contributed by atoms with Gasteiger partial charge in [-0.3, -0.25) is 9.89 Å². The number of aryl methyl sites for hydroxylation is 1. The summed E-state index contributed by atoms with van der Waals surface area (Å²) in [6.45, 7) is 2.79. The number of methoxy groups -OCH3 is 2. The molecule has 2 aromatic carbocycles. The zero-order valence-corrected chi connectivity index (χ0v) is 19.1. The molecule has 1 N–H and O–H groups in total. The first-order chi connectivity index (χ1) is 16.6. The summed E-state index contributed by atoms with van der Waals surface area (Å²) in [6.07, 6.45) is 0. The van der Waals surface area contributed by atoms with Crippen LogP contribution < -0.4 is 10.3 Å². The molecule has 0 saturated carbocycles. The molecule has 3 aromatic heterocycles. The first kappa shape index (κ1) is 21.9. The molecule has 9 nitrogen and oxygen atoms in total. The highest BCUT2D eigenvalue weighted by Gasteiger charge is 2.24. The molecule has 0 bridgehead atoms. The summed E-state index contributed by atoms with van der Waals surface area (Å²) in [5.74, 6) is 0.715. The smallest absolute Gasteiger partial charge is 0.285 e.